The van der Waals surface area contributed by atoms with Gasteiger partial charge in [-0.2, -0.15) is 0 Å². The highest BCUT2D eigenvalue weighted by atomic mass is 79.9. The monoisotopic (exact) mass is 325 g/mol. The number of nitrogens with one attached hydrogen (secondary N) is 1. The zero-order valence-electron chi connectivity index (χ0n) is 11.1. The van der Waals surface area contributed by atoms with E-state index >= 15 is 0 Å². The first-order valence-electron chi connectivity index (χ1n) is 6.56. The van der Waals surface area contributed by atoms with E-state index in [1.54, 1.807) is 0 Å². The maximum atomic E-state index is 9.64. The summed E-state index contributed by atoms with van der Waals surface area (Å²) in [5, 5.41) is 17.4. The summed E-state index contributed by atoms with van der Waals surface area (Å²) < 4.78 is 0.857. The molecule has 1 aromatic rings. The predicted octanol–water partition coefficient (Wildman–Crippen LogP) is 2.33. The van der Waals surface area contributed by atoms with E-state index < -0.39 is 0 Å². The van der Waals surface area contributed by atoms with Crippen LogP contribution < -0.4 is 10.6 Å². The lowest BCUT2D eigenvalue weighted by Crippen LogP contribution is -2.38. The molecule has 19 heavy (non-hydrogen) atoms. The number of benzene rings is 1. The minimum atomic E-state index is -0.239. The van der Waals surface area contributed by atoms with Crippen molar-refractivity contribution in [1.82, 2.24) is 0 Å². The van der Waals surface area contributed by atoms with E-state index in [0.717, 1.165) is 41.7 Å². The second-order valence-corrected chi connectivity index (χ2v) is 5.97. The minimum absolute atomic E-state index is 0.0834. The molecule has 1 unspecified atom stereocenters. The third-order valence-corrected chi connectivity index (χ3v) is 4.48. The maximum Gasteiger partial charge on any atom is 0.126 e. The van der Waals surface area contributed by atoms with Crippen LogP contribution in [-0.4, -0.2) is 30.1 Å². The Bertz CT molecular complexity index is 468. The highest BCUT2D eigenvalue weighted by molar-refractivity contribution is 9.10. The summed E-state index contributed by atoms with van der Waals surface area (Å²) in [5.41, 5.74) is 7.45. The SMILES string of the molecule is CC(O)C1CCN(c2cccc(Br)c2C(=N)N)CC1. The molecule has 0 aliphatic carbocycles. The van der Waals surface area contributed by atoms with E-state index in [1.165, 1.54) is 0 Å². The number of amidine groups is 1. The van der Waals surface area contributed by atoms with E-state index in [9.17, 15) is 5.11 Å². The van der Waals surface area contributed by atoms with Crippen LogP contribution in [0.15, 0.2) is 22.7 Å². The smallest absolute Gasteiger partial charge is 0.126 e. The molecule has 0 amide bonds. The maximum absolute atomic E-state index is 9.64. The van der Waals surface area contributed by atoms with E-state index in [1.807, 2.05) is 25.1 Å². The van der Waals surface area contributed by atoms with Gasteiger partial charge in [0.15, 0.2) is 0 Å². The molecule has 0 radical (unpaired) electrons. The fraction of sp³-hybridized carbons (Fsp3) is 0.500. The predicted molar refractivity (Wildman–Crippen MR) is 81.8 cm³/mol. The first-order chi connectivity index (χ1) is 9.00. The highest BCUT2D eigenvalue weighted by Gasteiger charge is 2.24. The van der Waals surface area contributed by atoms with Crippen molar-refractivity contribution < 1.29 is 5.11 Å². The van der Waals surface area contributed by atoms with Crippen LogP contribution in [0.4, 0.5) is 5.69 Å². The van der Waals surface area contributed by atoms with Crippen molar-refractivity contribution in [3.8, 4) is 0 Å². The number of nitrogens with zero attached hydrogens (tertiary/aromatic N) is 1. The Labute approximate surface area is 122 Å². The first kappa shape index (κ1) is 14.3. The number of piperidine rings is 1. The quantitative estimate of drug-likeness (QED) is 0.590. The molecule has 104 valence electrons. The Hall–Kier alpha value is -1.07. The zero-order valence-corrected chi connectivity index (χ0v) is 12.7. The summed E-state index contributed by atoms with van der Waals surface area (Å²) in [7, 11) is 0. The second-order valence-electron chi connectivity index (χ2n) is 5.11. The summed E-state index contributed by atoms with van der Waals surface area (Å²) in [4.78, 5) is 2.25. The third kappa shape index (κ3) is 3.09. The first-order valence-corrected chi connectivity index (χ1v) is 7.36. The molecule has 1 fully saturated rings. The van der Waals surface area contributed by atoms with E-state index in [2.05, 4.69) is 20.8 Å². The van der Waals surface area contributed by atoms with Crippen molar-refractivity contribution in [2.45, 2.75) is 25.9 Å². The Kier molecular flexibility index (Phi) is 4.47. The highest BCUT2D eigenvalue weighted by Crippen LogP contribution is 2.31. The third-order valence-electron chi connectivity index (χ3n) is 3.82. The van der Waals surface area contributed by atoms with Crippen LogP contribution in [0, 0.1) is 11.3 Å². The van der Waals surface area contributed by atoms with Gasteiger partial charge in [-0.1, -0.05) is 6.07 Å². The van der Waals surface area contributed by atoms with Crippen LogP contribution in [0.25, 0.3) is 0 Å². The number of nitrogen functional groups attached to an aromatic ring is 1. The van der Waals surface area contributed by atoms with Crippen LogP contribution >= 0.6 is 15.9 Å². The summed E-state index contributed by atoms with van der Waals surface area (Å²) in [6.45, 7) is 3.65. The molecule has 4 nitrogen and oxygen atoms in total. The lowest BCUT2D eigenvalue weighted by atomic mass is 9.91. The number of nitrogens with two attached hydrogens (primary N) is 1. The Morgan fingerprint density at radius 3 is 2.63 bits per heavy atom. The van der Waals surface area contributed by atoms with Gasteiger partial charge in [-0.3, -0.25) is 5.41 Å². The Morgan fingerprint density at radius 2 is 2.11 bits per heavy atom. The lowest BCUT2D eigenvalue weighted by Gasteiger charge is -2.35. The van der Waals surface area contributed by atoms with Crippen LogP contribution in [0.1, 0.15) is 25.3 Å². The van der Waals surface area contributed by atoms with E-state index in [-0.39, 0.29) is 11.9 Å². The number of halogens is 1. The molecule has 1 aliphatic heterocycles. The van der Waals surface area contributed by atoms with Gasteiger partial charge in [0, 0.05) is 23.2 Å². The van der Waals surface area contributed by atoms with Gasteiger partial charge in [0.2, 0.25) is 0 Å². The van der Waals surface area contributed by atoms with Crippen LogP contribution in [0.3, 0.4) is 0 Å². The number of aliphatic hydroxyl groups excluding tert-OH is 1. The molecule has 1 atom stereocenters. The summed E-state index contributed by atoms with van der Waals surface area (Å²) >= 11 is 3.46. The summed E-state index contributed by atoms with van der Waals surface area (Å²) in [6, 6.07) is 5.87. The van der Waals surface area contributed by atoms with Crippen molar-refractivity contribution in [3.05, 3.63) is 28.2 Å². The van der Waals surface area contributed by atoms with Gasteiger partial charge in [-0.05, 0) is 53.7 Å². The molecule has 4 N–H and O–H groups in total. The molecular weight excluding hydrogens is 306 g/mol. The molecule has 1 aromatic carbocycles. The van der Waals surface area contributed by atoms with Gasteiger partial charge in [-0.25, -0.2) is 0 Å². The molecule has 0 bridgehead atoms. The van der Waals surface area contributed by atoms with Crippen molar-refractivity contribution in [3.63, 3.8) is 0 Å². The average Bonchev–Trinajstić information content (AvgIpc) is 2.38. The Balaban J connectivity index is 2.20. The number of aliphatic hydroxyl groups is 1. The summed E-state index contributed by atoms with van der Waals surface area (Å²) in [6.07, 6.45) is 1.71. The summed E-state index contributed by atoms with van der Waals surface area (Å²) in [5.74, 6) is 0.462. The van der Waals surface area contributed by atoms with Crippen LogP contribution in [-0.2, 0) is 0 Å². The molecular formula is C14H20BrN3O. The number of hydrogen-bond acceptors (Lipinski definition) is 3. The van der Waals surface area contributed by atoms with Crippen molar-refractivity contribution in [2.75, 3.05) is 18.0 Å². The molecule has 1 heterocycles. The van der Waals surface area contributed by atoms with Crippen molar-refractivity contribution in [2.24, 2.45) is 11.7 Å². The standard InChI is InChI=1S/C14H20BrN3O/c1-9(19)10-5-7-18(8-6-10)12-4-2-3-11(15)13(12)14(16)17/h2-4,9-10,19H,5-8H2,1H3,(H3,16,17). The zero-order chi connectivity index (χ0) is 14.0. The van der Waals surface area contributed by atoms with E-state index in [0.29, 0.717) is 5.92 Å². The molecule has 0 spiro atoms. The van der Waals surface area contributed by atoms with Crippen molar-refractivity contribution >= 4 is 27.5 Å². The normalized spacial score (nSPS) is 18.4. The minimum Gasteiger partial charge on any atom is -0.393 e. The second kappa shape index (κ2) is 5.92. The van der Waals surface area contributed by atoms with Crippen LogP contribution in [0.5, 0.6) is 0 Å². The molecule has 1 aliphatic rings. The number of hydrogen-bond donors (Lipinski definition) is 3. The van der Waals surface area contributed by atoms with Gasteiger partial charge >= 0.3 is 0 Å². The lowest BCUT2D eigenvalue weighted by molar-refractivity contribution is 0.110. The van der Waals surface area contributed by atoms with E-state index in [4.69, 9.17) is 11.1 Å². The van der Waals surface area contributed by atoms with Gasteiger partial charge in [-0.15, -0.1) is 0 Å². The fourth-order valence-electron chi connectivity index (χ4n) is 2.67. The molecule has 0 saturated carbocycles. The molecule has 2 rings (SSSR count). The largest absolute Gasteiger partial charge is 0.393 e. The van der Waals surface area contributed by atoms with Crippen molar-refractivity contribution in [1.29, 1.82) is 5.41 Å². The topological polar surface area (TPSA) is 73.3 Å². The average molecular weight is 326 g/mol. The van der Waals surface area contributed by atoms with Gasteiger partial charge < -0.3 is 15.7 Å². The number of rotatable bonds is 3. The molecule has 0 aromatic heterocycles. The molecule has 1 saturated heterocycles. The van der Waals surface area contributed by atoms with Crippen LogP contribution in [0.2, 0.25) is 0 Å². The van der Waals surface area contributed by atoms with Gasteiger partial charge in [0.1, 0.15) is 5.84 Å². The molecule has 5 heteroatoms. The Morgan fingerprint density at radius 1 is 1.47 bits per heavy atom. The van der Waals surface area contributed by atoms with Gasteiger partial charge in [0.05, 0.1) is 11.7 Å². The van der Waals surface area contributed by atoms with Gasteiger partial charge in [0.25, 0.3) is 0 Å². The fourth-order valence-corrected chi connectivity index (χ4v) is 3.23. The number of anilines is 1.